The summed E-state index contributed by atoms with van der Waals surface area (Å²) in [4.78, 5) is 13.6. The third kappa shape index (κ3) is 4.89. The van der Waals surface area contributed by atoms with Crippen LogP contribution in [0, 0.1) is 5.92 Å². The van der Waals surface area contributed by atoms with E-state index in [-0.39, 0.29) is 22.2 Å². The molecule has 1 saturated heterocycles. The number of sulfonamides is 1. The van der Waals surface area contributed by atoms with E-state index in [4.69, 9.17) is 0 Å². The minimum absolute atomic E-state index is 0.0501. The minimum Gasteiger partial charge on any atom is -0.351 e. The molecule has 3 N–H and O–H groups in total. The summed E-state index contributed by atoms with van der Waals surface area (Å²) in [7, 11) is -3.71. The monoisotopic (exact) mass is 399 g/mol. The molecule has 1 atom stereocenters. The lowest BCUT2D eigenvalue weighted by Crippen LogP contribution is -2.29. The molecule has 136 valence electrons. The third-order valence-electron chi connectivity index (χ3n) is 4.14. The lowest BCUT2D eigenvalue weighted by molar-refractivity contribution is 0.0952. The smallest absolute Gasteiger partial charge is 0.262 e. The average molecular weight is 400 g/mol. The summed E-state index contributed by atoms with van der Waals surface area (Å²) in [6.45, 7) is 2.81. The zero-order valence-electron chi connectivity index (χ0n) is 13.7. The van der Waals surface area contributed by atoms with Gasteiger partial charge in [0.05, 0.1) is 0 Å². The van der Waals surface area contributed by atoms with Crippen molar-refractivity contribution in [2.45, 2.75) is 24.3 Å². The normalized spacial score (nSPS) is 17.7. The van der Waals surface area contributed by atoms with Gasteiger partial charge in [-0.05, 0) is 54.7 Å². The Morgan fingerprint density at radius 1 is 1.28 bits per heavy atom. The molecular weight excluding hydrogens is 378 g/mol. The van der Waals surface area contributed by atoms with Crippen LogP contribution >= 0.6 is 22.7 Å². The van der Waals surface area contributed by atoms with E-state index in [9.17, 15) is 13.2 Å². The van der Waals surface area contributed by atoms with Gasteiger partial charge in [0, 0.05) is 18.0 Å². The quantitative estimate of drug-likeness (QED) is 0.634. The molecule has 0 radical (unpaired) electrons. The van der Waals surface area contributed by atoms with Crippen LogP contribution < -0.4 is 15.4 Å². The van der Waals surface area contributed by atoms with Gasteiger partial charge in [0.2, 0.25) is 10.0 Å². The number of thiophene rings is 2. The van der Waals surface area contributed by atoms with Crippen molar-refractivity contribution < 1.29 is 13.2 Å². The molecule has 9 heteroatoms. The maximum atomic E-state index is 12.5. The number of hydrogen-bond acceptors (Lipinski definition) is 6. The first-order chi connectivity index (χ1) is 12.1. The molecule has 2 aromatic rings. The van der Waals surface area contributed by atoms with E-state index < -0.39 is 10.0 Å². The Morgan fingerprint density at radius 3 is 2.88 bits per heavy atom. The summed E-state index contributed by atoms with van der Waals surface area (Å²) < 4.78 is 27.6. The first-order valence-corrected chi connectivity index (χ1v) is 11.4. The average Bonchev–Trinajstić information content (AvgIpc) is 3.33. The van der Waals surface area contributed by atoms with E-state index in [2.05, 4.69) is 15.4 Å². The van der Waals surface area contributed by atoms with Crippen LogP contribution in [-0.2, 0) is 16.6 Å². The standard InChI is InChI=1S/C16H21N3O3S3/c20-16(18-7-4-12-3-6-17-10-12)15-14(5-9-24-15)25(21,22)19-11-13-2-1-8-23-13/h1-2,5,8-9,12,17,19H,3-4,6-7,10-11H2,(H,18,20). The van der Waals surface area contributed by atoms with Gasteiger partial charge in [0.1, 0.15) is 9.77 Å². The maximum Gasteiger partial charge on any atom is 0.262 e. The molecule has 0 aliphatic carbocycles. The second kappa shape index (κ2) is 8.41. The molecule has 1 aliphatic heterocycles. The van der Waals surface area contributed by atoms with E-state index >= 15 is 0 Å². The van der Waals surface area contributed by atoms with E-state index in [1.807, 2.05) is 17.5 Å². The Kier molecular flexibility index (Phi) is 6.24. The first-order valence-electron chi connectivity index (χ1n) is 8.15. The fourth-order valence-corrected chi connectivity index (χ4v) is 5.85. The van der Waals surface area contributed by atoms with Gasteiger partial charge in [-0.25, -0.2) is 13.1 Å². The highest BCUT2D eigenvalue weighted by Crippen LogP contribution is 2.22. The second-order valence-electron chi connectivity index (χ2n) is 5.92. The predicted molar refractivity (Wildman–Crippen MR) is 101 cm³/mol. The summed E-state index contributed by atoms with van der Waals surface area (Å²) in [5.41, 5.74) is 0. The lowest BCUT2D eigenvalue weighted by atomic mass is 10.1. The molecule has 6 nitrogen and oxygen atoms in total. The molecule has 0 aromatic carbocycles. The molecule has 0 saturated carbocycles. The van der Waals surface area contributed by atoms with Gasteiger partial charge in [0.25, 0.3) is 5.91 Å². The number of hydrogen-bond donors (Lipinski definition) is 3. The molecule has 1 unspecified atom stereocenters. The largest absolute Gasteiger partial charge is 0.351 e. The van der Waals surface area contributed by atoms with Gasteiger partial charge in [0.15, 0.2) is 0 Å². The highest BCUT2D eigenvalue weighted by molar-refractivity contribution is 7.89. The Bertz CT molecular complexity index is 794. The SMILES string of the molecule is O=C(NCCC1CCNC1)c1sccc1S(=O)(=O)NCc1cccs1. The molecule has 25 heavy (non-hydrogen) atoms. The minimum atomic E-state index is -3.71. The number of carbonyl (C=O) groups is 1. The molecule has 3 rings (SSSR count). The number of amides is 1. The topological polar surface area (TPSA) is 87.3 Å². The Hall–Kier alpha value is -1.26. The van der Waals surface area contributed by atoms with Crippen molar-refractivity contribution >= 4 is 38.6 Å². The van der Waals surface area contributed by atoms with Crippen LogP contribution in [0.15, 0.2) is 33.9 Å². The zero-order chi connectivity index (χ0) is 17.7. The summed E-state index contributed by atoms with van der Waals surface area (Å²) in [5.74, 6) is 0.261. The van der Waals surface area contributed by atoms with Gasteiger partial charge in [-0.15, -0.1) is 22.7 Å². The van der Waals surface area contributed by atoms with E-state index in [0.29, 0.717) is 12.5 Å². The second-order valence-corrected chi connectivity index (χ2v) is 9.61. The van der Waals surface area contributed by atoms with Crippen LogP contribution in [0.4, 0.5) is 0 Å². The van der Waals surface area contributed by atoms with Gasteiger partial charge >= 0.3 is 0 Å². The highest BCUT2D eigenvalue weighted by Gasteiger charge is 2.24. The Labute approximate surface area is 155 Å². The Balaban J connectivity index is 1.59. The van der Waals surface area contributed by atoms with Crippen molar-refractivity contribution in [3.63, 3.8) is 0 Å². The summed E-state index contributed by atoms with van der Waals surface area (Å²) in [6.07, 6.45) is 2.03. The molecule has 1 amide bonds. The van der Waals surface area contributed by atoms with Crippen molar-refractivity contribution in [1.82, 2.24) is 15.4 Å². The van der Waals surface area contributed by atoms with Crippen LogP contribution in [0.5, 0.6) is 0 Å². The summed E-state index contributed by atoms with van der Waals surface area (Å²) in [5, 5.41) is 9.67. The molecule has 1 aliphatic rings. The molecule has 0 spiro atoms. The fraction of sp³-hybridized carbons (Fsp3) is 0.438. The maximum absolute atomic E-state index is 12.5. The Morgan fingerprint density at radius 2 is 2.16 bits per heavy atom. The first kappa shape index (κ1) is 18.5. The number of rotatable bonds is 8. The molecule has 2 aromatic heterocycles. The highest BCUT2D eigenvalue weighted by atomic mass is 32.2. The van der Waals surface area contributed by atoms with Gasteiger partial charge in [-0.2, -0.15) is 0 Å². The lowest BCUT2D eigenvalue weighted by Gasteiger charge is -2.10. The number of carbonyl (C=O) groups excluding carboxylic acids is 1. The third-order valence-corrected chi connectivity index (χ3v) is 7.50. The predicted octanol–water partition coefficient (Wildman–Crippen LogP) is 2.02. The number of nitrogens with one attached hydrogen (secondary N) is 3. The van der Waals surface area contributed by atoms with Crippen molar-refractivity contribution in [2.75, 3.05) is 19.6 Å². The van der Waals surface area contributed by atoms with Crippen LogP contribution in [0.1, 0.15) is 27.4 Å². The van der Waals surface area contributed by atoms with Gasteiger partial charge in [-0.3, -0.25) is 4.79 Å². The van der Waals surface area contributed by atoms with Crippen LogP contribution in [0.2, 0.25) is 0 Å². The van der Waals surface area contributed by atoms with E-state index in [1.54, 1.807) is 5.38 Å². The van der Waals surface area contributed by atoms with Crippen molar-refractivity contribution in [3.05, 3.63) is 38.7 Å². The molecule has 0 bridgehead atoms. The summed E-state index contributed by atoms with van der Waals surface area (Å²) in [6, 6.07) is 5.22. The summed E-state index contributed by atoms with van der Waals surface area (Å²) >= 11 is 2.64. The fourth-order valence-electron chi connectivity index (χ4n) is 2.76. The van der Waals surface area contributed by atoms with Crippen LogP contribution in [-0.4, -0.2) is 34.0 Å². The van der Waals surface area contributed by atoms with Gasteiger partial charge in [-0.1, -0.05) is 6.07 Å². The van der Waals surface area contributed by atoms with Gasteiger partial charge < -0.3 is 10.6 Å². The molecule has 3 heterocycles. The molecule has 1 fully saturated rings. The van der Waals surface area contributed by atoms with Crippen LogP contribution in [0.25, 0.3) is 0 Å². The van der Waals surface area contributed by atoms with Crippen molar-refractivity contribution in [2.24, 2.45) is 5.92 Å². The van der Waals surface area contributed by atoms with Crippen molar-refractivity contribution in [1.29, 1.82) is 0 Å². The van der Waals surface area contributed by atoms with Crippen molar-refractivity contribution in [3.8, 4) is 0 Å². The van der Waals surface area contributed by atoms with Crippen LogP contribution in [0.3, 0.4) is 0 Å². The zero-order valence-corrected chi connectivity index (χ0v) is 16.1. The van der Waals surface area contributed by atoms with E-state index in [1.165, 1.54) is 17.4 Å². The molecular formula is C16H21N3O3S3. The van der Waals surface area contributed by atoms with E-state index in [0.717, 1.165) is 42.1 Å².